The average molecular weight is 811 g/mol. The predicted molar refractivity (Wildman–Crippen MR) is 222 cm³/mol. The van der Waals surface area contributed by atoms with Crippen LogP contribution >= 0.6 is 39.7 Å². The lowest BCUT2D eigenvalue weighted by atomic mass is 10.0. The molecule has 0 saturated heterocycles. The van der Waals surface area contributed by atoms with E-state index in [1.165, 1.54) is 35.3 Å². The van der Waals surface area contributed by atoms with Gasteiger partial charge in [-0.3, -0.25) is 4.79 Å². The van der Waals surface area contributed by atoms with Crippen LogP contribution in [0.25, 0.3) is 0 Å². The molecule has 0 unspecified atom stereocenters. The van der Waals surface area contributed by atoms with Crippen LogP contribution in [0.1, 0.15) is 104 Å². The molecule has 13 heteroatoms. The molecule has 0 radical (unpaired) electrons. The van der Waals surface area contributed by atoms with Crippen LogP contribution in [-0.2, 0) is 12.8 Å². The number of nitrogens with zero attached hydrogens (tertiary/aromatic N) is 6. The number of aromatic nitrogens is 2. The van der Waals surface area contributed by atoms with Gasteiger partial charge in [-0.15, -0.1) is 39.7 Å². The summed E-state index contributed by atoms with van der Waals surface area (Å²) in [6, 6.07) is 8.81. The number of thiazole rings is 2. The summed E-state index contributed by atoms with van der Waals surface area (Å²) in [5, 5.41) is 17.3. The second kappa shape index (κ2) is 20.3. The van der Waals surface area contributed by atoms with Crippen molar-refractivity contribution < 1.29 is 14.7 Å². The number of carbonyl (C=O) groups excluding carboxylic acids is 1. The van der Waals surface area contributed by atoms with Crippen LogP contribution in [0.5, 0.6) is 0 Å². The summed E-state index contributed by atoms with van der Waals surface area (Å²) in [6.07, 6.45) is 9.69. The number of aliphatic imine (C=N–C) groups is 2. The van der Waals surface area contributed by atoms with Crippen LogP contribution in [0.3, 0.4) is 0 Å². The Hall–Kier alpha value is -3.94. The first-order valence-corrected chi connectivity index (χ1v) is 19.2. The van der Waals surface area contributed by atoms with Gasteiger partial charge in [0.2, 0.25) is 0 Å². The predicted octanol–water partition coefficient (Wildman–Crippen LogP) is 8.87. The molecular weight excluding hydrogens is 759 g/mol. The van der Waals surface area contributed by atoms with Crippen molar-refractivity contribution in [3.8, 4) is 0 Å². The average Bonchev–Trinajstić information content (AvgIpc) is 3.90. The molecule has 10 nitrogen and oxygen atoms in total. The number of aryl methyl sites for hydroxylation is 4. The Morgan fingerprint density at radius 2 is 1.23 bits per heavy atom. The number of carboxylic acids is 1. The molecule has 2 aromatic heterocycles. The van der Waals surface area contributed by atoms with Crippen molar-refractivity contribution in [2.75, 3.05) is 27.2 Å². The third kappa shape index (κ3) is 12.3. The molecule has 1 aliphatic rings. The number of rotatable bonds is 13. The zero-order valence-corrected chi connectivity index (χ0v) is 34.9. The van der Waals surface area contributed by atoms with E-state index in [1.54, 1.807) is 16.7 Å². The largest absolute Gasteiger partial charge is 0.476 e. The maximum atomic E-state index is 12.4. The van der Waals surface area contributed by atoms with Crippen molar-refractivity contribution in [1.29, 1.82) is 0 Å². The lowest BCUT2D eigenvalue weighted by Crippen LogP contribution is -2.32. The van der Waals surface area contributed by atoms with Crippen LogP contribution in [0, 0.1) is 27.7 Å². The number of hydrogen-bond acceptors (Lipinski definition) is 8. The lowest BCUT2D eigenvalue weighted by molar-refractivity contribution is 0.0690. The molecule has 0 atom stereocenters. The van der Waals surface area contributed by atoms with Gasteiger partial charge in [-0.25, -0.2) is 24.7 Å². The molecule has 1 amide bonds. The summed E-state index contributed by atoms with van der Waals surface area (Å²) >= 11 is 2.94. The molecule has 1 aliphatic carbocycles. The lowest BCUT2D eigenvalue weighted by Gasteiger charge is -2.11. The summed E-state index contributed by atoms with van der Waals surface area (Å²) in [5.74, 6) is -1.02. The molecule has 0 bridgehead atoms. The fourth-order valence-corrected chi connectivity index (χ4v) is 7.10. The second-order valence-corrected chi connectivity index (χ2v) is 15.0. The van der Waals surface area contributed by atoms with Gasteiger partial charge in [-0.05, 0) is 99.9 Å². The third-order valence-corrected chi connectivity index (χ3v) is 10.7. The van der Waals surface area contributed by atoms with Crippen LogP contribution < -0.4 is 5.32 Å². The van der Waals surface area contributed by atoms with E-state index in [9.17, 15) is 9.59 Å². The zero-order chi connectivity index (χ0) is 37.1. The summed E-state index contributed by atoms with van der Waals surface area (Å²) in [6.45, 7) is 14.3. The van der Waals surface area contributed by atoms with E-state index in [0.29, 0.717) is 18.2 Å². The van der Waals surface area contributed by atoms with Crippen molar-refractivity contribution in [3.05, 3.63) is 89.8 Å². The standard InChI is InChI=1S/C22H30N4OS.C17H21N3O2S.BrH/c1-5-26(4)14-23-19-11-15(2)17(10-16(19)3)12-21-25-20(13-28-21)22(27)24-18-8-6-7-9-18;1-5-20(4)10-18-14-7-11(2)13(6-12(14)3)8-16-19-15(9-23-16)17(21)22;/h10-11,13-14,18H,5-9,12H2,1-4H3,(H,24,27);6-7,9-10H,5,8H2,1-4H3,(H,21,22);1H. The van der Waals surface area contributed by atoms with E-state index >= 15 is 0 Å². The van der Waals surface area contributed by atoms with Gasteiger partial charge in [0.05, 0.1) is 34.1 Å². The third-order valence-electron chi connectivity index (χ3n) is 9.02. The number of hydrogen-bond donors (Lipinski definition) is 2. The van der Waals surface area contributed by atoms with E-state index < -0.39 is 5.97 Å². The molecule has 0 spiro atoms. The minimum Gasteiger partial charge on any atom is -0.476 e. The smallest absolute Gasteiger partial charge is 0.355 e. The molecule has 2 N–H and O–H groups in total. The quantitative estimate of drug-likeness (QED) is 0.102. The van der Waals surface area contributed by atoms with Gasteiger partial charge < -0.3 is 20.2 Å². The maximum absolute atomic E-state index is 12.4. The van der Waals surface area contributed by atoms with Crippen molar-refractivity contribution in [1.82, 2.24) is 25.1 Å². The first-order chi connectivity index (χ1) is 24.4. The Morgan fingerprint density at radius 3 is 1.65 bits per heavy atom. The van der Waals surface area contributed by atoms with Gasteiger partial charge >= 0.3 is 5.97 Å². The van der Waals surface area contributed by atoms with Crippen LogP contribution in [0.2, 0.25) is 0 Å². The molecule has 5 rings (SSSR count). The SMILES string of the molecule is Br.CCN(C)C=Nc1cc(C)c(Cc2nc(C(=O)NC3CCCC3)cs2)cc1C.CCN(C)C=Nc1cc(C)c(Cc2nc(C(=O)O)cs2)cc1C. The Morgan fingerprint density at radius 1 is 0.788 bits per heavy atom. The number of nitrogens with one attached hydrogen (secondary N) is 1. The Labute approximate surface area is 326 Å². The van der Waals surface area contributed by atoms with Gasteiger partial charge in [-0.2, -0.15) is 0 Å². The number of benzene rings is 2. The van der Waals surface area contributed by atoms with Crippen LogP contribution in [0.15, 0.2) is 45.0 Å². The van der Waals surface area contributed by atoms with Gasteiger partial charge in [0.25, 0.3) is 5.91 Å². The maximum Gasteiger partial charge on any atom is 0.355 e. The highest BCUT2D eigenvalue weighted by molar-refractivity contribution is 8.93. The van der Waals surface area contributed by atoms with E-state index in [1.807, 2.05) is 50.9 Å². The topological polar surface area (TPSA) is 123 Å². The fraction of sp³-hybridized carbons (Fsp3) is 0.436. The Balaban J connectivity index is 0.000000280. The van der Waals surface area contributed by atoms with E-state index in [-0.39, 0.29) is 28.6 Å². The highest BCUT2D eigenvalue weighted by atomic mass is 79.9. The molecule has 2 heterocycles. The number of aromatic carboxylic acids is 1. The first kappa shape index (κ1) is 42.5. The first-order valence-electron chi connectivity index (χ1n) is 17.5. The van der Waals surface area contributed by atoms with Gasteiger partial charge in [-0.1, -0.05) is 25.0 Å². The van der Waals surface area contributed by atoms with E-state index in [4.69, 9.17) is 5.11 Å². The van der Waals surface area contributed by atoms with Crippen molar-refractivity contribution >= 4 is 75.6 Å². The molecular formula is C39H52BrN7O3S2. The number of carbonyl (C=O) groups is 2. The van der Waals surface area contributed by atoms with E-state index in [2.05, 4.69) is 82.1 Å². The molecule has 1 saturated carbocycles. The number of carboxylic acid groups (broad SMARTS) is 1. The van der Waals surface area contributed by atoms with Gasteiger partial charge in [0, 0.05) is 56.8 Å². The highest BCUT2D eigenvalue weighted by Gasteiger charge is 2.20. The number of amides is 1. The molecule has 280 valence electrons. The number of halogens is 1. The summed E-state index contributed by atoms with van der Waals surface area (Å²) < 4.78 is 0. The normalized spacial score (nSPS) is 12.8. The monoisotopic (exact) mass is 809 g/mol. The summed E-state index contributed by atoms with van der Waals surface area (Å²) in [5.41, 5.74) is 9.58. The van der Waals surface area contributed by atoms with Crippen LogP contribution in [0.4, 0.5) is 11.4 Å². The molecule has 2 aromatic carbocycles. The van der Waals surface area contributed by atoms with Crippen molar-refractivity contribution in [2.45, 2.75) is 86.1 Å². The molecule has 1 fully saturated rings. The molecule has 52 heavy (non-hydrogen) atoms. The Bertz CT molecular complexity index is 1860. The van der Waals surface area contributed by atoms with Crippen LogP contribution in [-0.4, -0.2) is 82.7 Å². The Kier molecular flexibility index (Phi) is 16.6. The zero-order valence-electron chi connectivity index (χ0n) is 31.5. The van der Waals surface area contributed by atoms with Gasteiger partial charge in [0.1, 0.15) is 5.69 Å². The van der Waals surface area contributed by atoms with Crippen molar-refractivity contribution in [2.24, 2.45) is 9.98 Å². The summed E-state index contributed by atoms with van der Waals surface area (Å²) in [4.78, 5) is 45.2. The van der Waals surface area contributed by atoms with E-state index in [0.717, 1.165) is 76.0 Å². The molecule has 0 aliphatic heterocycles. The minimum absolute atomic E-state index is 0. The fourth-order valence-electron chi connectivity index (χ4n) is 5.51. The highest BCUT2D eigenvalue weighted by Crippen LogP contribution is 2.27. The van der Waals surface area contributed by atoms with Gasteiger partial charge in [0.15, 0.2) is 5.69 Å². The minimum atomic E-state index is -0.981. The van der Waals surface area contributed by atoms with Crippen molar-refractivity contribution in [3.63, 3.8) is 0 Å². The summed E-state index contributed by atoms with van der Waals surface area (Å²) in [7, 11) is 4.01. The molecule has 4 aromatic rings. The second-order valence-electron chi connectivity index (χ2n) is 13.1.